The van der Waals surface area contributed by atoms with Crippen LogP contribution in [0.5, 0.6) is 0 Å². The molecule has 1 N–H and O–H groups in total. The van der Waals surface area contributed by atoms with E-state index in [1.807, 2.05) is 84.9 Å². The van der Waals surface area contributed by atoms with Crippen molar-refractivity contribution >= 4 is 28.4 Å². The minimum Gasteiger partial charge on any atom is -0.345 e. The molecular weight excluding hydrogens is 380 g/mol. The largest absolute Gasteiger partial charge is 0.345 e. The summed E-state index contributed by atoms with van der Waals surface area (Å²) >= 11 is 6.77. The Balaban J connectivity index is 1.82. The Labute approximate surface area is 175 Å². The first-order chi connectivity index (χ1) is 14.2. The third-order valence-corrected chi connectivity index (χ3v) is 5.39. The molecule has 0 aliphatic heterocycles. The lowest BCUT2D eigenvalue weighted by molar-refractivity contribution is 0.0937. The zero-order valence-corrected chi connectivity index (χ0v) is 16.9. The van der Waals surface area contributed by atoms with E-state index in [-0.39, 0.29) is 11.9 Å². The quantitative estimate of drug-likeness (QED) is 0.419. The number of nitrogens with zero attached hydrogens (tertiary/aromatic N) is 1. The molecule has 0 saturated heterocycles. The van der Waals surface area contributed by atoms with E-state index in [2.05, 4.69) is 12.2 Å². The summed E-state index contributed by atoms with van der Waals surface area (Å²) in [4.78, 5) is 18.1. The summed E-state index contributed by atoms with van der Waals surface area (Å²) in [7, 11) is 0. The molecule has 3 aromatic carbocycles. The second kappa shape index (κ2) is 8.46. The molecule has 29 heavy (non-hydrogen) atoms. The first-order valence-corrected chi connectivity index (χ1v) is 10.1. The summed E-state index contributed by atoms with van der Waals surface area (Å²) in [5, 5.41) is 4.28. The number of hydrogen-bond acceptors (Lipinski definition) is 2. The van der Waals surface area contributed by atoms with Crippen molar-refractivity contribution in [2.24, 2.45) is 0 Å². The number of halogens is 1. The predicted molar refractivity (Wildman–Crippen MR) is 119 cm³/mol. The van der Waals surface area contributed by atoms with Crippen LogP contribution in [0.3, 0.4) is 0 Å². The van der Waals surface area contributed by atoms with E-state index in [9.17, 15) is 4.79 Å². The molecule has 0 aliphatic rings. The van der Waals surface area contributed by atoms with Gasteiger partial charge in [-0.1, -0.05) is 97.4 Å². The summed E-state index contributed by atoms with van der Waals surface area (Å²) in [5.41, 5.74) is 3.77. The highest BCUT2D eigenvalue weighted by molar-refractivity contribution is 6.38. The van der Waals surface area contributed by atoms with Crippen LogP contribution >= 0.6 is 11.6 Å². The average molecular weight is 401 g/mol. The Morgan fingerprint density at radius 2 is 1.55 bits per heavy atom. The van der Waals surface area contributed by atoms with E-state index in [4.69, 9.17) is 16.6 Å². The molecule has 1 atom stereocenters. The topological polar surface area (TPSA) is 42.0 Å². The Morgan fingerprint density at radius 1 is 0.931 bits per heavy atom. The van der Waals surface area contributed by atoms with E-state index < -0.39 is 0 Å². The smallest absolute Gasteiger partial charge is 0.254 e. The lowest BCUT2D eigenvalue weighted by Crippen LogP contribution is -2.28. The minimum absolute atomic E-state index is 0.0909. The maximum Gasteiger partial charge on any atom is 0.254 e. The molecule has 3 nitrogen and oxygen atoms in total. The Morgan fingerprint density at radius 3 is 2.24 bits per heavy atom. The molecule has 0 radical (unpaired) electrons. The summed E-state index contributed by atoms with van der Waals surface area (Å²) in [6.45, 7) is 2.06. The maximum absolute atomic E-state index is 13.4. The van der Waals surface area contributed by atoms with Gasteiger partial charge in [0.15, 0.2) is 0 Å². The zero-order chi connectivity index (χ0) is 20.2. The monoisotopic (exact) mass is 400 g/mol. The lowest BCUT2D eigenvalue weighted by atomic mass is 10.0. The molecule has 1 amide bonds. The van der Waals surface area contributed by atoms with Gasteiger partial charge in [-0.05, 0) is 18.1 Å². The first kappa shape index (κ1) is 19.2. The number of para-hydroxylation sites is 1. The Hall–Kier alpha value is -3.17. The molecule has 1 aromatic heterocycles. The van der Waals surface area contributed by atoms with Gasteiger partial charge in [-0.25, -0.2) is 4.98 Å². The normalized spacial score (nSPS) is 11.9. The van der Waals surface area contributed by atoms with Gasteiger partial charge in [0.05, 0.1) is 27.8 Å². The Bertz CT molecular complexity index is 1140. The van der Waals surface area contributed by atoms with E-state index >= 15 is 0 Å². The van der Waals surface area contributed by atoms with E-state index in [0.717, 1.165) is 28.5 Å². The van der Waals surface area contributed by atoms with Crippen LogP contribution in [-0.2, 0) is 0 Å². The average Bonchev–Trinajstić information content (AvgIpc) is 2.78. The number of fused-ring (bicyclic) bond motifs is 1. The molecule has 4 heteroatoms. The molecule has 144 valence electrons. The van der Waals surface area contributed by atoms with Crippen molar-refractivity contribution < 1.29 is 4.79 Å². The number of pyridine rings is 1. The van der Waals surface area contributed by atoms with Gasteiger partial charge in [-0.3, -0.25) is 4.79 Å². The van der Waals surface area contributed by atoms with Gasteiger partial charge >= 0.3 is 0 Å². The number of carbonyl (C=O) groups is 1. The van der Waals surface area contributed by atoms with Crippen LogP contribution in [-0.4, -0.2) is 10.9 Å². The molecule has 0 fully saturated rings. The van der Waals surface area contributed by atoms with Crippen LogP contribution in [0.1, 0.15) is 35.3 Å². The number of hydrogen-bond donors (Lipinski definition) is 1. The van der Waals surface area contributed by atoms with E-state index in [1.54, 1.807) is 0 Å². The van der Waals surface area contributed by atoms with Gasteiger partial charge in [0.1, 0.15) is 0 Å². The third-order valence-electron chi connectivity index (χ3n) is 5.02. The standard InChI is InChI=1S/C25H21ClN2O/c1-2-20(17-11-5-3-6-12-17)28-25(29)22-19-15-9-10-16-21(19)27-24(23(22)26)18-13-7-4-8-14-18/h3-16,20H,2H2,1H3,(H,28,29). The highest BCUT2D eigenvalue weighted by atomic mass is 35.5. The molecule has 4 aromatic rings. The summed E-state index contributed by atoms with van der Waals surface area (Å²) < 4.78 is 0. The molecule has 0 bridgehead atoms. The van der Waals surface area contributed by atoms with Gasteiger partial charge in [-0.15, -0.1) is 0 Å². The van der Waals surface area contributed by atoms with Crippen molar-refractivity contribution in [2.75, 3.05) is 0 Å². The lowest BCUT2D eigenvalue weighted by Gasteiger charge is -2.19. The van der Waals surface area contributed by atoms with Crippen LogP contribution in [0.4, 0.5) is 0 Å². The number of amides is 1. The summed E-state index contributed by atoms with van der Waals surface area (Å²) in [6, 6.07) is 27.2. The van der Waals surface area contributed by atoms with Gasteiger partial charge in [0.2, 0.25) is 0 Å². The maximum atomic E-state index is 13.4. The van der Waals surface area contributed by atoms with Crippen molar-refractivity contribution in [3.63, 3.8) is 0 Å². The summed E-state index contributed by atoms with van der Waals surface area (Å²) in [6.07, 6.45) is 0.780. The molecule has 0 saturated carbocycles. The fourth-order valence-corrected chi connectivity index (χ4v) is 3.87. The van der Waals surface area contributed by atoms with E-state index in [1.165, 1.54) is 0 Å². The number of rotatable bonds is 5. The van der Waals surface area contributed by atoms with Gasteiger partial charge in [-0.2, -0.15) is 0 Å². The Kier molecular flexibility index (Phi) is 5.59. The fourth-order valence-electron chi connectivity index (χ4n) is 3.53. The van der Waals surface area contributed by atoms with Crippen LogP contribution < -0.4 is 5.32 Å². The van der Waals surface area contributed by atoms with Crippen LogP contribution in [0.25, 0.3) is 22.2 Å². The van der Waals surface area contributed by atoms with Crippen molar-refractivity contribution in [3.05, 3.63) is 101 Å². The molecule has 0 aliphatic carbocycles. The molecule has 4 rings (SSSR count). The van der Waals surface area contributed by atoms with Crippen molar-refractivity contribution in [3.8, 4) is 11.3 Å². The number of nitrogens with one attached hydrogen (secondary N) is 1. The number of carbonyl (C=O) groups excluding carboxylic acids is 1. The van der Waals surface area contributed by atoms with Gasteiger partial charge in [0.25, 0.3) is 5.91 Å². The second-order valence-corrected chi connectivity index (χ2v) is 7.26. The SMILES string of the molecule is CCC(NC(=O)c1c(Cl)c(-c2ccccc2)nc2ccccc12)c1ccccc1. The highest BCUT2D eigenvalue weighted by Gasteiger charge is 2.22. The van der Waals surface area contributed by atoms with Crippen molar-refractivity contribution in [2.45, 2.75) is 19.4 Å². The fraction of sp³-hybridized carbons (Fsp3) is 0.120. The zero-order valence-electron chi connectivity index (χ0n) is 16.1. The van der Waals surface area contributed by atoms with Crippen molar-refractivity contribution in [1.82, 2.24) is 10.3 Å². The molecule has 1 heterocycles. The van der Waals surface area contributed by atoms with Crippen LogP contribution in [0.2, 0.25) is 5.02 Å². The first-order valence-electron chi connectivity index (χ1n) is 9.68. The second-order valence-electron chi connectivity index (χ2n) is 6.88. The molecular formula is C25H21ClN2O. The predicted octanol–water partition coefficient (Wildman–Crippen LogP) is 6.44. The van der Waals surface area contributed by atoms with Crippen LogP contribution in [0, 0.1) is 0 Å². The summed E-state index contributed by atoms with van der Waals surface area (Å²) in [5.74, 6) is -0.193. The number of aromatic nitrogens is 1. The third kappa shape index (κ3) is 3.87. The molecule has 0 spiro atoms. The van der Waals surface area contributed by atoms with Crippen molar-refractivity contribution in [1.29, 1.82) is 0 Å². The highest BCUT2D eigenvalue weighted by Crippen LogP contribution is 2.34. The minimum atomic E-state index is -0.193. The number of benzene rings is 3. The molecule has 1 unspecified atom stereocenters. The van der Waals surface area contributed by atoms with Gasteiger partial charge in [0, 0.05) is 10.9 Å². The van der Waals surface area contributed by atoms with E-state index in [0.29, 0.717) is 16.3 Å². The van der Waals surface area contributed by atoms with Crippen LogP contribution in [0.15, 0.2) is 84.9 Å². The van der Waals surface area contributed by atoms with Gasteiger partial charge < -0.3 is 5.32 Å².